The number of rotatable bonds is 2. The minimum absolute atomic E-state index is 0.187. The Morgan fingerprint density at radius 1 is 1.69 bits per heavy atom. The van der Waals surface area contributed by atoms with E-state index in [1.54, 1.807) is 0 Å². The normalized spacial score (nSPS) is 24.9. The highest BCUT2D eigenvalue weighted by atomic mass is 35.5. The number of hydrogen-bond donors (Lipinski definition) is 2. The topological polar surface area (TPSA) is 32.3 Å². The van der Waals surface area contributed by atoms with Crippen molar-refractivity contribution in [2.24, 2.45) is 0 Å². The molecule has 0 radical (unpaired) electrons. The summed E-state index contributed by atoms with van der Waals surface area (Å²) in [5.41, 5.74) is 0.867. The van der Waals surface area contributed by atoms with Crippen molar-refractivity contribution in [3.63, 3.8) is 0 Å². The van der Waals surface area contributed by atoms with Gasteiger partial charge in [-0.3, -0.25) is 0 Å². The third-order valence-corrected chi connectivity index (χ3v) is 3.64. The van der Waals surface area contributed by atoms with Crippen molar-refractivity contribution >= 4 is 22.9 Å². The molecule has 0 saturated carbocycles. The molecule has 1 aromatic heterocycles. The van der Waals surface area contributed by atoms with Crippen molar-refractivity contribution in [1.29, 1.82) is 0 Å². The van der Waals surface area contributed by atoms with Gasteiger partial charge in [0.15, 0.2) is 0 Å². The van der Waals surface area contributed by atoms with Gasteiger partial charge in [-0.05, 0) is 30.8 Å². The maximum atomic E-state index is 9.95. The zero-order chi connectivity index (χ0) is 9.26. The maximum absolute atomic E-state index is 9.95. The van der Waals surface area contributed by atoms with Gasteiger partial charge >= 0.3 is 0 Å². The fourth-order valence-electron chi connectivity index (χ4n) is 1.71. The van der Waals surface area contributed by atoms with Crippen molar-refractivity contribution in [2.45, 2.75) is 25.0 Å². The van der Waals surface area contributed by atoms with E-state index in [0.29, 0.717) is 4.34 Å². The molecule has 4 heteroatoms. The number of aliphatic hydroxyl groups is 1. The molecular formula is C9H12ClNOS. The zero-order valence-corrected chi connectivity index (χ0v) is 8.74. The zero-order valence-electron chi connectivity index (χ0n) is 7.16. The van der Waals surface area contributed by atoms with Crippen molar-refractivity contribution in [3.8, 4) is 0 Å². The lowest BCUT2D eigenvalue weighted by molar-refractivity contribution is 0.138. The summed E-state index contributed by atoms with van der Waals surface area (Å²) in [6.45, 7) is 1.00. The molecule has 2 unspecified atom stereocenters. The first kappa shape index (κ1) is 9.46. The standard InChI is InChI=1S/C9H12ClNOS/c10-9-6(3-5-13-9)8(12)7-2-1-4-11-7/h3,5,7-8,11-12H,1-2,4H2. The van der Waals surface area contributed by atoms with Crippen LogP contribution < -0.4 is 5.32 Å². The molecule has 1 aliphatic heterocycles. The number of thiophene rings is 1. The summed E-state index contributed by atoms with van der Waals surface area (Å²) in [7, 11) is 0. The smallest absolute Gasteiger partial charge is 0.0987 e. The van der Waals surface area contributed by atoms with Gasteiger partial charge < -0.3 is 10.4 Å². The van der Waals surface area contributed by atoms with Crippen LogP contribution in [0, 0.1) is 0 Å². The number of nitrogens with one attached hydrogen (secondary N) is 1. The summed E-state index contributed by atoms with van der Waals surface area (Å²) in [4.78, 5) is 0. The molecule has 72 valence electrons. The second-order valence-electron chi connectivity index (χ2n) is 3.30. The van der Waals surface area contributed by atoms with Crippen molar-refractivity contribution in [1.82, 2.24) is 5.32 Å². The van der Waals surface area contributed by atoms with E-state index in [2.05, 4.69) is 5.32 Å². The van der Waals surface area contributed by atoms with Gasteiger partial charge in [0.2, 0.25) is 0 Å². The Labute approximate surface area is 86.5 Å². The highest BCUT2D eigenvalue weighted by molar-refractivity contribution is 7.14. The Hall–Kier alpha value is -0.0900. The molecule has 13 heavy (non-hydrogen) atoms. The van der Waals surface area contributed by atoms with Crippen molar-refractivity contribution < 1.29 is 5.11 Å². The Balaban J connectivity index is 2.12. The van der Waals surface area contributed by atoms with Crippen LogP contribution in [0.15, 0.2) is 11.4 Å². The second-order valence-corrected chi connectivity index (χ2v) is 4.82. The molecule has 0 aliphatic carbocycles. The van der Waals surface area contributed by atoms with E-state index in [1.165, 1.54) is 11.3 Å². The summed E-state index contributed by atoms with van der Waals surface area (Å²) >= 11 is 7.41. The number of halogens is 1. The first-order valence-electron chi connectivity index (χ1n) is 4.43. The van der Waals surface area contributed by atoms with E-state index in [4.69, 9.17) is 11.6 Å². The molecule has 2 N–H and O–H groups in total. The molecule has 2 nitrogen and oxygen atoms in total. The Morgan fingerprint density at radius 3 is 3.08 bits per heavy atom. The molecule has 1 aliphatic rings. The van der Waals surface area contributed by atoms with Gasteiger partial charge in [-0.25, -0.2) is 0 Å². The van der Waals surface area contributed by atoms with E-state index in [1.807, 2.05) is 11.4 Å². The van der Waals surface area contributed by atoms with Crippen LogP contribution in [0.3, 0.4) is 0 Å². The molecule has 2 heterocycles. The van der Waals surface area contributed by atoms with Crippen LogP contribution in [-0.2, 0) is 0 Å². The van der Waals surface area contributed by atoms with Crippen LogP contribution in [0.2, 0.25) is 4.34 Å². The third kappa shape index (κ3) is 1.89. The quantitative estimate of drug-likeness (QED) is 0.796. The Morgan fingerprint density at radius 2 is 2.54 bits per heavy atom. The molecule has 1 fully saturated rings. The number of aliphatic hydroxyl groups excluding tert-OH is 1. The fourth-order valence-corrected chi connectivity index (χ4v) is 2.70. The molecule has 2 atom stereocenters. The largest absolute Gasteiger partial charge is 0.387 e. The maximum Gasteiger partial charge on any atom is 0.0987 e. The molecule has 0 spiro atoms. The molecule has 2 rings (SSSR count). The van der Waals surface area contributed by atoms with Crippen LogP contribution in [0.25, 0.3) is 0 Å². The number of hydrogen-bond acceptors (Lipinski definition) is 3. The van der Waals surface area contributed by atoms with Crippen LogP contribution in [0.1, 0.15) is 24.5 Å². The minimum Gasteiger partial charge on any atom is -0.387 e. The van der Waals surface area contributed by atoms with Gasteiger partial charge in [-0.1, -0.05) is 11.6 Å². The molecule has 0 bridgehead atoms. The third-order valence-electron chi connectivity index (χ3n) is 2.44. The summed E-state index contributed by atoms with van der Waals surface area (Å²) < 4.78 is 0.709. The lowest BCUT2D eigenvalue weighted by Crippen LogP contribution is -2.28. The summed E-state index contributed by atoms with van der Waals surface area (Å²) in [6.07, 6.45) is 1.73. The van der Waals surface area contributed by atoms with Crippen LogP contribution in [0.5, 0.6) is 0 Å². The molecule has 0 aromatic carbocycles. The monoisotopic (exact) mass is 217 g/mol. The van der Waals surface area contributed by atoms with Crippen molar-refractivity contribution in [3.05, 3.63) is 21.3 Å². The highest BCUT2D eigenvalue weighted by Gasteiger charge is 2.25. The van der Waals surface area contributed by atoms with Crippen LogP contribution >= 0.6 is 22.9 Å². The summed E-state index contributed by atoms with van der Waals surface area (Å²) in [5, 5.41) is 15.1. The summed E-state index contributed by atoms with van der Waals surface area (Å²) in [5.74, 6) is 0. The van der Waals surface area contributed by atoms with Crippen LogP contribution in [-0.4, -0.2) is 17.7 Å². The molecule has 1 aromatic rings. The highest BCUT2D eigenvalue weighted by Crippen LogP contribution is 2.32. The van der Waals surface area contributed by atoms with E-state index < -0.39 is 6.10 Å². The van der Waals surface area contributed by atoms with Gasteiger partial charge in [-0.15, -0.1) is 11.3 Å². The lowest BCUT2D eigenvalue weighted by atomic mass is 10.0. The molecular weight excluding hydrogens is 206 g/mol. The first-order valence-corrected chi connectivity index (χ1v) is 5.69. The average molecular weight is 218 g/mol. The van der Waals surface area contributed by atoms with Gasteiger partial charge in [0.05, 0.1) is 10.4 Å². The average Bonchev–Trinajstić information content (AvgIpc) is 2.72. The predicted molar refractivity (Wildman–Crippen MR) is 55.3 cm³/mol. The Kier molecular flexibility index (Phi) is 2.89. The van der Waals surface area contributed by atoms with E-state index in [9.17, 15) is 5.11 Å². The SMILES string of the molecule is OC(c1ccsc1Cl)C1CCCN1. The van der Waals surface area contributed by atoms with Crippen molar-refractivity contribution in [2.75, 3.05) is 6.54 Å². The Bertz CT molecular complexity index is 283. The second kappa shape index (κ2) is 3.96. The summed E-state index contributed by atoms with van der Waals surface area (Å²) in [6, 6.07) is 2.09. The minimum atomic E-state index is -0.443. The van der Waals surface area contributed by atoms with Gasteiger partial charge in [0.1, 0.15) is 0 Å². The van der Waals surface area contributed by atoms with E-state index in [0.717, 1.165) is 24.9 Å². The van der Waals surface area contributed by atoms with E-state index in [-0.39, 0.29) is 6.04 Å². The molecule has 1 saturated heterocycles. The van der Waals surface area contributed by atoms with Gasteiger partial charge in [0.25, 0.3) is 0 Å². The first-order chi connectivity index (χ1) is 6.29. The van der Waals surface area contributed by atoms with Gasteiger partial charge in [0, 0.05) is 11.6 Å². The van der Waals surface area contributed by atoms with Gasteiger partial charge in [-0.2, -0.15) is 0 Å². The predicted octanol–water partition coefficient (Wildman–Crippen LogP) is 2.19. The van der Waals surface area contributed by atoms with Crippen LogP contribution in [0.4, 0.5) is 0 Å². The van der Waals surface area contributed by atoms with E-state index >= 15 is 0 Å². The fraction of sp³-hybridized carbons (Fsp3) is 0.556. The lowest BCUT2D eigenvalue weighted by Gasteiger charge is -2.17. The molecule has 0 amide bonds.